The van der Waals surface area contributed by atoms with Crippen LogP contribution in [0.3, 0.4) is 0 Å². The number of hydrogen-bond acceptors (Lipinski definition) is 4. The van der Waals surface area contributed by atoms with Gasteiger partial charge < -0.3 is 4.98 Å². The van der Waals surface area contributed by atoms with Crippen LogP contribution in [-0.4, -0.2) is 24.2 Å². The molecule has 33 heavy (non-hydrogen) atoms. The zero-order chi connectivity index (χ0) is 23.9. The second kappa shape index (κ2) is 8.45. The van der Waals surface area contributed by atoms with Gasteiger partial charge in [0.05, 0.1) is 5.56 Å². The van der Waals surface area contributed by atoms with Gasteiger partial charge in [-0.1, -0.05) is 25.1 Å². The van der Waals surface area contributed by atoms with Gasteiger partial charge in [-0.15, -0.1) is 0 Å². The number of benzene rings is 2. The molecule has 0 bridgehead atoms. The first-order chi connectivity index (χ1) is 15.6. The van der Waals surface area contributed by atoms with Gasteiger partial charge >= 0.3 is 0 Å². The van der Waals surface area contributed by atoms with Gasteiger partial charge in [-0.05, 0) is 36.2 Å². The van der Waals surface area contributed by atoms with Gasteiger partial charge in [0.15, 0.2) is 0 Å². The Kier molecular flexibility index (Phi) is 5.81. The van der Waals surface area contributed by atoms with Crippen LogP contribution in [-0.2, 0) is 10.0 Å². The number of carbonyl (C=O) groups is 1. The van der Waals surface area contributed by atoms with Gasteiger partial charge in [-0.3, -0.25) is 4.79 Å². The minimum atomic E-state index is -4.19. The minimum absolute atomic E-state index is 0.0555. The standard InChI is InChI=1S/C23H18F3N3O3S/c1-2-19(33(27,31)32)15-7-8-18(25)20(21(15)26)22(30)17-11-29-23-16(17)9-13(10-28-23)12-3-5-14(24)6-4-12/h3-11,19H,2H2,1H3,(H,28,29)(H2,27,31,32). The molecule has 6 nitrogen and oxygen atoms in total. The minimum Gasteiger partial charge on any atom is -0.345 e. The summed E-state index contributed by atoms with van der Waals surface area (Å²) in [6, 6.07) is 9.03. The Morgan fingerprint density at radius 2 is 1.79 bits per heavy atom. The van der Waals surface area contributed by atoms with Gasteiger partial charge in [0.1, 0.15) is 28.3 Å². The van der Waals surface area contributed by atoms with Crippen LogP contribution in [0.2, 0.25) is 0 Å². The number of primary sulfonamides is 1. The number of nitrogens with zero attached hydrogens (tertiary/aromatic N) is 1. The number of halogens is 3. The highest BCUT2D eigenvalue weighted by Gasteiger charge is 2.30. The Morgan fingerprint density at radius 3 is 2.42 bits per heavy atom. The van der Waals surface area contributed by atoms with Gasteiger partial charge in [0.2, 0.25) is 15.8 Å². The molecule has 0 aliphatic heterocycles. The quantitative estimate of drug-likeness (QED) is 0.399. The molecule has 0 aliphatic carbocycles. The molecule has 3 N–H and O–H groups in total. The van der Waals surface area contributed by atoms with E-state index in [4.69, 9.17) is 5.14 Å². The topological polar surface area (TPSA) is 106 Å². The fraction of sp³-hybridized carbons (Fsp3) is 0.130. The Balaban J connectivity index is 1.84. The highest BCUT2D eigenvalue weighted by Crippen LogP contribution is 2.32. The lowest BCUT2D eigenvalue weighted by molar-refractivity contribution is 0.103. The van der Waals surface area contributed by atoms with Crippen LogP contribution in [0.4, 0.5) is 13.2 Å². The smallest absolute Gasteiger partial charge is 0.216 e. The van der Waals surface area contributed by atoms with Crippen LogP contribution in [0.1, 0.15) is 40.1 Å². The molecule has 0 aliphatic rings. The summed E-state index contributed by atoms with van der Waals surface area (Å²) in [5, 5.41) is 4.06. The summed E-state index contributed by atoms with van der Waals surface area (Å²) >= 11 is 0. The summed E-state index contributed by atoms with van der Waals surface area (Å²) in [5.41, 5.74) is 0.171. The molecule has 4 rings (SSSR count). The first-order valence-electron chi connectivity index (χ1n) is 9.89. The Bertz CT molecular complexity index is 1480. The third kappa shape index (κ3) is 4.14. The molecule has 2 aromatic carbocycles. The van der Waals surface area contributed by atoms with Crippen LogP contribution in [0, 0.1) is 17.5 Å². The van der Waals surface area contributed by atoms with E-state index < -0.39 is 44.1 Å². The maximum absolute atomic E-state index is 15.3. The predicted molar refractivity (Wildman–Crippen MR) is 117 cm³/mol. The number of fused-ring (bicyclic) bond motifs is 1. The van der Waals surface area contributed by atoms with Crippen molar-refractivity contribution >= 4 is 26.8 Å². The number of nitrogens with one attached hydrogen (secondary N) is 1. The first-order valence-corrected chi connectivity index (χ1v) is 11.5. The Labute approximate surface area is 187 Å². The molecule has 0 spiro atoms. The van der Waals surface area contributed by atoms with Gasteiger partial charge in [0.25, 0.3) is 0 Å². The lowest BCUT2D eigenvalue weighted by Crippen LogP contribution is -2.23. The monoisotopic (exact) mass is 473 g/mol. The van der Waals surface area contributed by atoms with E-state index >= 15 is 4.39 Å². The molecule has 1 unspecified atom stereocenters. The molecular formula is C23H18F3N3O3S. The molecule has 0 radical (unpaired) electrons. The van der Waals surface area contributed by atoms with Gasteiger partial charge in [-0.2, -0.15) is 0 Å². The fourth-order valence-electron chi connectivity index (χ4n) is 3.78. The highest BCUT2D eigenvalue weighted by atomic mass is 32.2. The van der Waals surface area contributed by atoms with Crippen molar-refractivity contribution in [1.29, 1.82) is 0 Å². The molecule has 0 saturated heterocycles. The summed E-state index contributed by atoms with van der Waals surface area (Å²) in [5.74, 6) is -3.82. The van der Waals surface area contributed by atoms with Crippen LogP contribution in [0.15, 0.2) is 54.9 Å². The third-order valence-electron chi connectivity index (χ3n) is 5.42. The number of sulfonamides is 1. The summed E-state index contributed by atoms with van der Waals surface area (Å²) in [6.07, 6.45) is 2.73. The number of aromatic amines is 1. The van der Waals surface area contributed by atoms with Crippen molar-refractivity contribution in [2.75, 3.05) is 0 Å². The maximum atomic E-state index is 15.3. The highest BCUT2D eigenvalue weighted by molar-refractivity contribution is 7.89. The van der Waals surface area contributed by atoms with E-state index in [9.17, 15) is 22.0 Å². The molecule has 0 fully saturated rings. The zero-order valence-electron chi connectivity index (χ0n) is 17.3. The number of H-pyrrole nitrogens is 1. The lowest BCUT2D eigenvalue weighted by Gasteiger charge is -2.16. The average Bonchev–Trinajstić information content (AvgIpc) is 3.18. The molecule has 10 heteroatoms. The molecular weight excluding hydrogens is 455 g/mol. The second-order valence-corrected chi connectivity index (χ2v) is 9.22. The van der Waals surface area contributed by atoms with Crippen molar-refractivity contribution in [1.82, 2.24) is 9.97 Å². The van der Waals surface area contributed by atoms with E-state index in [2.05, 4.69) is 9.97 Å². The van der Waals surface area contributed by atoms with Crippen molar-refractivity contribution in [3.8, 4) is 11.1 Å². The van der Waals surface area contributed by atoms with E-state index in [-0.39, 0.29) is 17.5 Å². The molecule has 4 aromatic rings. The summed E-state index contributed by atoms with van der Waals surface area (Å²) in [7, 11) is -4.19. The third-order valence-corrected chi connectivity index (χ3v) is 6.80. The molecule has 0 saturated carbocycles. The zero-order valence-corrected chi connectivity index (χ0v) is 18.1. The van der Waals surface area contributed by atoms with Crippen molar-refractivity contribution < 1.29 is 26.4 Å². The SMILES string of the molecule is CCC(c1ccc(F)c(C(=O)c2c[nH]c3ncc(-c4ccc(F)cc4)cc23)c1F)S(N)(=O)=O. The normalized spacial score (nSPS) is 12.8. The van der Waals surface area contributed by atoms with E-state index in [1.165, 1.54) is 43.6 Å². The number of ketones is 1. The van der Waals surface area contributed by atoms with Crippen molar-refractivity contribution in [3.63, 3.8) is 0 Å². The van der Waals surface area contributed by atoms with E-state index in [1.54, 1.807) is 6.07 Å². The van der Waals surface area contributed by atoms with Crippen molar-refractivity contribution in [3.05, 3.63) is 89.0 Å². The first kappa shape index (κ1) is 22.7. The number of rotatable bonds is 6. The van der Waals surface area contributed by atoms with Crippen LogP contribution in [0.25, 0.3) is 22.2 Å². The molecule has 0 amide bonds. The number of nitrogens with two attached hydrogens (primary N) is 1. The Hall–Kier alpha value is -3.50. The number of hydrogen-bond donors (Lipinski definition) is 2. The van der Waals surface area contributed by atoms with Crippen molar-refractivity contribution in [2.24, 2.45) is 5.14 Å². The largest absolute Gasteiger partial charge is 0.345 e. The summed E-state index contributed by atoms with van der Waals surface area (Å²) in [4.78, 5) is 20.2. The molecule has 1 atom stereocenters. The Morgan fingerprint density at radius 1 is 1.09 bits per heavy atom. The lowest BCUT2D eigenvalue weighted by atomic mass is 9.97. The summed E-state index contributed by atoms with van der Waals surface area (Å²) in [6.45, 7) is 1.49. The predicted octanol–water partition coefficient (Wildman–Crippen LogP) is 4.62. The van der Waals surface area contributed by atoms with E-state index in [0.29, 0.717) is 22.2 Å². The van der Waals surface area contributed by atoms with Crippen LogP contribution in [0.5, 0.6) is 0 Å². The molecule has 2 heterocycles. The molecule has 2 aromatic heterocycles. The second-order valence-electron chi connectivity index (χ2n) is 7.47. The van der Waals surface area contributed by atoms with Crippen LogP contribution >= 0.6 is 0 Å². The summed E-state index contributed by atoms with van der Waals surface area (Å²) < 4.78 is 66.9. The van der Waals surface area contributed by atoms with Gasteiger partial charge in [-0.25, -0.2) is 31.7 Å². The van der Waals surface area contributed by atoms with Crippen molar-refractivity contribution in [2.45, 2.75) is 18.6 Å². The average molecular weight is 473 g/mol. The maximum Gasteiger partial charge on any atom is 0.216 e. The van der Waals surface area contributed by atoms with Gasteiger partial charge in [0, 0.05) is 34.5 Å². The van der Waals surface area contributed by atoms with E-state index in [0.717, 1.165) is 12.1 Å². The van der Waals surface area contributed by atoms with E-state index in [1.807, 2.05) is 0 Å². The molecule has 170 valence electrons. The fourth-order valence-corrected chi connectivity index (χ4v) is 4.78. The number of carbonyl (C=O) groups excluding carboxylic acids is 1. The van der Waals surface area contributed by atoms with Crippen LogP contribution < -0.4 is 5.14 Å². The number of aromatic nitrogens is 2. The number of pyridine rings is 1.